The fourth-order valence-corrected chi connectivity index (χ4v) is 3.02. The molecule has 4 N–H and O–H groups in total. The maximum Gasteiger partial charge on any atom is 0.227 e. The molecule has 2 atom stereocenters. The Morgan fingerprint density at radius 1 is 1.42 bits per heavy atom. The minimum absolute atomic E-state index is 0.0870. The Morgan fingerprint density at radius 2 is 2.11 bits per heavy atom. The van der Waals surface area contributed by atoms with Crippen LogP contribution in [0.2, 0.25) is 0 Å². The number of nitrogens with two attached hydrogens (primary N) is 1. The summed E-state index contributed by atoms with van der Waals surface area (Å²) < 4.78 is 5.19. The maximum atomic E-state index is 12.0. The van der Waals surface area contributed by atoms with Crippen molar-refractivity contribution >= 4 is 5.91 Å². The summed E-state index contributed by atoms with van der Waals surface area (Å²) in [6.07, 6.45) is 4.83. The van der Waals surface area contributed by atoms with E-state index in [9.17, 15) is 9.90 Å². The molecule has 2 aliphatic rings. The fourth-order valence-electron chi connectivity index (χ4n) is 3.02. The first-order valence-electron chi connectivity index (χ1n) is 7.37. The zero-order valence-corrected chi connectivity index (χ0v) is 11.7. The van der Waals surface area contributed by atoms with Gasteiger partial charge in [-0.25, -0.2) is 0 Å². The number of carbonyl (C=O) groups excluding carboxylic acids is 1. The lowest BCUT2D eigenvalue weighted by molar-refractivity contribution is -0.127. The van der Waals surface area contributed by atoms with Crippen molar-refractivity contribution in [3.05, 3.63) is 0 Å². The first-order valence-corrected chi connectivity index (χ1v) is 7.37. The zero-order valence-electron chi connectivity index (χ0n) is 11.7. The maximum absolute atomic E-state index is 12.0. The predicted octanol–water partition coefficient (Wildman–Crippen LogP) is 0.408. The molecule has 0 radical (unpaired) electrons. The van der Waals surface area contributed by atoms with E-state index in [1.807, 2.05) is 0 Å². The molecule has 2 rings (SSSR count). The van der Waals surface area contributed by atoms with Crippen LogP contribution in [0.25, 0.3) is 0 Å². The lowest BCUT2D eigenvalue weighted by Gasteiger charge is -2.36. The highest BCUT2D eigenvalue weighted by molar-refractivity contribution is 5.79. The van der Waals surface area contributed by atoms with E-state index < -0.39 is 5.60 Å². The number of amides is 1. The molecule has 5 heteroatoms. The number of rotatable bonds is 4. The van der Waals surface area contributed by atoms with Crippen LogP contribution in [0.5, 0.6) is 0 Å². The van der Waals surface area contributed by atoms with Crippen LogP contribution in [-0.4, -0.2) is 42.4 Å². The Balaban J connectivity index is 1.77. The van der Waals surface area contributed by atoms with Crippen LogP contribution in [0.1, 0.15) is 39.0 Å². The molecular formula is C14H26N2O3. The van der Waals surface area contributed by atoms with Crippen molar-refractivity contribution in [3.8, 4) is 0 Å². The summed E-state index contributed by atoms with van der Waals surface area (Å²) in [5, 5.41) is 13.3. The van der Waals surface area contributed by atoms with E-state index in [1.165, 1.54) is 6.42 Å². The van der Waals surface area contributed by atoms with Crippen LogP contribution < -0.4 is 11.1 Å². The molecule has 1 saturated heterocycles. The van der Waals surface area contributed by atoms with Crippen LogP contribution in [0.15, 0.2) is 0 Å². The molecule has 0 aromatic rings. The van der Waals surface area contributed by atoms with Crippen LogP contribution in [0, 0.1) is 11.8 Å². The number of aliphatic hydroxyl groups is 1. The molecule has 2 fully saturated rings. The third-order valence-electron chi connectivity index (χ3n) is 4.67. The molecule has 0 bridgehead atoms. The third kappa shape index (κ3) is 3.68. The van der Waals surface area contributed by atoms with Gasteiger partial charge in [0.05, 0.1) is 24.7 Å². The average molecular weight is 270 g/mol. The molecule has 5 nitrogen and oxygen atoms in total. The van der Waals surface area contributed by atoms with Gasteiger partial charge in [-0.15, -0.1) is 0 Å². The Bertz CT molecular complexity index is 314. The molecule has 1 amide bonds. The van der Waals surface area contributed by atoms with Crippen molar-refractivity contribution in [1.29, 1.82) is 0 Å². The van der Waals surface area contributed by atoms with E-state index in [4.69, 9.17) is 10.5 Å². The van der Waals surface area contributed by atoms with Crippen molar-refractivity contribution in [2.24, 2.45) is 17.6 Å². The van der Waals surface area contributed by atoms with Crippen molar-refractivity contribution in [3.63, 3.8) is 0 Å². The van der Waals surface area contributed by atoms with Crippen LogP contribution >= 0.6 is 0 Å². The molecule has 19 heavy (non-hydrogen) atoms. The number of hydrogen-bond donors (Lipinski definition) is 3. The van der Waals surface area contributed by atoms with Gasteiger partial charge < -0.3 is 20.9 Å². The Hall–Kier alpha value is -0.650. The monoisotopic (exact) mass is 270 g/mol. The van der Waals surface area contributed by atoms with E-state index in [1.54, 1.807) is 0 Å². The highest BCUT2D eigenvalue weighted by atomic mass is 16.5. The molecule has 0 spiro atoms. The Labute approximate surface area is 114 Å². The molecule has 110 valence electrons. The predicted molar refractivity (Wildman–Crippen MR) is 72.5 cm³/mol. The molecular weight excluding hydrogens is 244 g/mol. The van der Waals surface area contributed by atoms with Crippen molar-refractivity contribution in [2.75, 3.05) is 19.8 Å². The number of hydrogen-bond acceptors (Lipinski definition) is 4. The van der Waals surface area contributed by atoms with E-state index in [-0.39, 0.29) is 17.9 Å². The summed E-state index contributed by atoms with van der Waals surface area (Å²) in [6.45, 7) is 3.37. The summed E-state index contributed by atoms with van der Waals surface area (Å²) in [7, 11) is 0. The first kappa shape index (κ1) is 14.8. The van der Waals surface area contributed by atoms with Crippen molar-refractivity contribution in [2.45, 2.75) is 50.7 Å². The van der Waals surface area contributed by atoms with Gasteiger partial charge in [-0.05, 0) is 31.6 Å². The molecule has 1 aliphatic heterocycles. The van der Waals surface area contributed by atoms with Gasteiger partial charge in [-0.2, -0.15) is 0 Å². The molecule has 0 aromatic carbocycles. The van der Waals surface area contributed by atoms with Gasteiger partial charge in [0.15, 0.2) is 0 Å². The van der Waals surface area contributed by atoms with Gasteiger partial charge in [-0.1, -0.05) is 13.3 Å². The van der Waals surface area contributed by atoms with Gasteiger partial charge in [0.1, 0.15) is 0 Å². The Morgan fingerprint density at radius 3 is 2.63 bits per heavy atom. The lowest BCUT2D eigenvalue weighted by atomic mass is 9.78. The molecule has 1 heterocycles. The fraction of sp³-hybridized carbons (Fsp3) is 0.929. The second-order valence-corrected chi connectivity index (χ2v) is 6.10. The molecule has 1 saturated carbocycles. The summed E-state index contributed by atoms with van der Waals surface area (Å²) in [5.41, 5.74) is 5.08. The second-order valence-electron chi connectivity index (χ2n) is 6.10. The highest BCUT2D eigenvalue weighted by Crippen LogP contribution is 2.33. The van der Waals surface area contributed by atoms with Gasteiger partial charge in [0.2, 0.25) is 5.91 Å². The molecule has 2 unspecified atom stereocenters. The zero-order chi connectivity index (χ0) is 13.9. The minimum atomic E-state index is -0.731. The van der Waals surface area contributed by atoms with Crippen LogP contribution in [-0.2, 0) is 9.53 Å². The standard InChI is InChI=1S/C14H26N2O3/c1-2-10-3-5-14(18,6-4-10)9-16-13(17)11-7-19-8-12(11)15/h10-12,18H,2-9,15H2,1H3,(H,16,17). The number of ether oxygens (including phenoxy) is 1. The lowest BCUT2D eigenvalue weighted by Crippen LogP contribution is -2.49. The van der Waals surface area contributed by atoms with Crippen molar-refractivity contribution < 1.29 is 14.6 Å². The topological polar surface area (TPSA) is 84.6 Å². The summed E-state index contributed by atoms with van der Waals surface area (Å²) in [5.74, 6) is 0.374. The van der Waals surface area contributed by atoms with Gasteiger partial charge >= 0.3 is 0 Å². The SMILES string of the molecule is CCC1CCC(O)(CNC(=O)C2COCC2N)CC1. The van der Waals surface area contributed by atoms with Crippen LogP contribution in [0.3, 0.4) is 0 Å². The second kappa shape index (κ2) is 6.20. The minimum Gasteiger partial charge on any atom is -0.388 e. The third-order valence-corrected chi connectivity index (χ3v) is 4.67. The quantitative estimate of drug-likeness (QED) is 0.690. The number of carbonyl (C=O) groups is 1. The summed E-state index contributed by atoms with van der Waals surface area (Å²) in [4.78, 5) is 12.0. The van der Waals surface area contributed by atoms with E-state index in [0.717, 1.165) is 31.6 Å². The smallest absolute Gasteiger partial charge is 0.227 e. The van der Waals surface area contributed by atoms with E-state index in [0.29, 0.717) is 19.8 Å². The average Bonchev–Trinajstić information content (AvgIpc) is 2.83. The van der Waals surface area contributed by atoms with Gasteiger partial charge in [-0.3, -0.25) is 4.79 Å². The summed E-state index contributed by atoms with van der Waals surface area (Å²) in [6, 6.07) is -0.217. The van der Waals surface area contributed by atoms with Crippen molar-refractivity contribution in [1.82, 2.24) is 5.32 Å². The van der Waals surface area contributed by atoms with Gasteiger partial charge in [0.25, 0.3) is 0 Å². The first-order chi connectivity index (χ1) is 9.04. The number of nitrogens with one attached hydrogen (secondary N) is 1. The molecule has 1 aliphatic carbocycles. The largest absolute Gasteiger partial charge is 0.388 e. The van der Waals surface area contributed by atoms with Crippen LogP contribution in [0.4, 0.5) is 0 Å². The normalized spacial score (nSPS) is 39.2. The van der Waals surface area contributed by atoms with E-state index in [2.05, 4.69) is 12.2 Å². The highest BCUT2D eigenvalue weighted by Gasteiger charge is 2.35. The van der Waals surface area contributed by atoms with E-state index >= 15 is 0 Å². The molecule has 0 aromatic heterocycles. The summed E-state index contributed by atoms with van der Waals surface area (Å²) >= 11 is 0. The Kier molecular flexibility index (Phi) is 4.81. The van der Waals surface area contributed by atoms with Gasteiger partial charge in [0, 0.05) is 12.6 Å².